The molecule has 0 N–H and O–H groups in total. The van der Waals surface area contributed by atoms with Crippen LogP contribution in [0.3, 0.4) is 0 Å². The van der Waals surface area contributed by atoms with Gasteiger partial charge < -0.3 is 9.30 Å². The molecule has 0 bridgehead atoms. The van der Waals surface area contributed by atoms with E-state index in [0.29, 0.717) is 0 Å². The third-order valence-corrected chi connectivity index (χ3v) is 3.92. The Kier molecular flexibility index (Phi) is 4.49. The van der Waals surface area contributed by atoms with Crippen molar-refractivity contribution in [1.82, 2.24) is 14.5 Å². The lowest BCUT2D eigenvalue weighted by Gasteiger charge is -2.11. The number of imidazole rings is 1. The van der Waals surface area contributed by atoms with Crippen LogP contribution in [0.25, 0.3) is 11.2 Å². The fraction of sp³-hybridized carbons (Fsp3) is 0.333. The van der Waals surface area contributed by atoms with Crippen molar-refractivity contribution in [2.24, 2.45) is 0 Å². The maximum atomic E-state index is 5.16. The summed E-state index contributed by atoms with van der Waals surface area (Å²) in [5.41, 5.74) is 4.52. The summed E-state index contributed by atoms with van der Waals surface area (Å²) in [6.45, 7) is 3.70. The van der Waals surface area contributed by atoms with Crippen LogP contribution in [-0.4, -0.2) is 28.3 Å². The third kappa shape index (κ3) is 3.02. The summed E-state index contributed by atoms with van der Waals surface area (Å²) in [5, 5.41) is 0. The topological polar surface area (TPSA) is 39.9 Å². The molecule has 4 heteroatoms. The first-order chi connectivity index (χ1) is 10.8. The van der Waals surface area contributed by atoms with Crippen molar-refractivity contribution >= 4 is 11.2 Å². The molecule has 3 rings (SSSR count). The second-order valence-corrected chi connectivity index (χ2v) is 5.48. The Balaban J connectivity index is 1.98. The van der Waals surface area contributed by atoms with E-state index in [1.165, 1.54) is 11.1 Å². The zero-order valence-corrected chi connectivity index (χ0v) is 13.1. The Morgan fingerprint density at radius 1 is 1.14 bits per heavy atom. The highest BCUT2D eigenvalue weighted by Gasteiger charge is 2.12. The monoisotopic (exact) mass is 295 g/mol. The number of hydrogen-bond acceptors (Lipinski definition) is 3. The highest BCUT2D eigenvalue weighted by molar-refractivity contribution is 5.71. The molecule has 0 amide bonds. The van der Waals surface area contributed by atoms with Crippen LogP contribution < -0.4 is 0 Å². The molecule has 0 saturated heterocycles. The number of aryl methyl sites for hydroxylation is 2. The van der Waals surface area contributed by atoms with Crippen molar-refractivity contribution in [3.8, 4) is 0 Å². The Hall–Kier alpha value is -2.20. The summed E-state index contributed by atoms with van der Waals surface area (Å²) in [4.78, 5) is 9.28. The van der Waals surface area contributed by atoms with Crippen molar-refractivity contribution in [2.75, 3.05) is 13.7 Å². The molecule has 3 aromatic rings. The molecule has 0 fully saturated rings. The third-order valence-electron chi connectivity index (χ3n) is 3.92. The van der Waals surface area contributed by atoms with Gasteiger partial charge in [-0.2, -0.15) is 0 Å². The number of rotatable bonds is 6. The smallest absolute Gasteiger partial charge is 0.160 e. The molecule has 0 aliphatic rings. The Labute approximate surface area is 130 Å². The average Bonchev–Trinajstić information content (AvgIpc) is 2.88. The predicted molar refractivity (Wildman–Crippen MR) is 88.0 cm³/mol. The molecule has 0 aliphatic carbocycles. The van der Waals surface area contributed by atoms with E-state index in [4.69, 9.17) is 9.72 Å². The van der Waals surface area contributed by atoms with E-state index in [2.05, 4.69) is 40.7 Å². The SMILES string of the molecule is COCCCc1nc2cccnc2n1Cc1ccccc1C. The van der Waals surface area contributed by atoms with E-state index in [1.54, 1.807) is 7.11 Å². The number of pyridine rings is 1. The maximum absolute atomic E-state index is 5.16. The minimum absolute atomic E-state index is 0.751. The molecule has 2 heterocycles. The zero-order chi connectivity index (χ0) is 15.4. The summed E-state index contributed by atoms with van der Waals surface area (Å²) in [6, 6.07) is 12.4. The van der Waals surface area contributed by atoms with Crippen molar-refractivity contribution in [3.05, 3.63) is 59.5 Å². The first-order valence-electron chi connectivity index (χ1n) is 7.63. The first-order valence-corrected chi connectivity index (χ1v) is 7.63. The molecule has 0 radical (unpaired) electrons. The van der Waals surface area contributed by atoms with E-state index in [1.807, 2.05) is 18.3 Å². The highest BCUT2D eigenvalue weighted by atomic mass is 16.5. The van der Waals surface area contributed by atoms with Crippen molar-refractivity contribution in [3.63, 3.8) is 0 Å². The Bertz CT molecular complexity index is 764. The van der Waals surface area contributed by atoms with Gasteiger partial charge in [-0.1, -0.05) is 24.3 Å². The van der Waals surface area contributed by atoms with Gasteiger partial charge in [-0.3, -0.25) is 0 Å². The van der Waals surface area contributed by atoms with Crippen molar-refractivity contribution in [1.29, 1.82) is 0 Å². The van der Waals surface area contributed by atoms with Crippen LogP contribution >= 0.6 is 0 Å². The minimum Gasteiger partial charge on any atom is -0.385 e. The molecule has 2 aromatic heterocycles. The molecule has 0 unspecified atom stereocenters. The number of aromatic nitrogens is 3. The van der Waals surface area contributed by atoms with Gasteiger partial charge in [0.05, 0.1) is 6.54 Å². The molecule has 0 spiro atoms. The van der Waals surface area contributed by atoms with E-state index in [9.17, 15) is 0 Å². The van der Waals surface area contributed by atoms with Gasteiger partial charge in [0.1, 0.15) is 11.3 Å². The summed E-state index contributed by atoms with van der Waals surface area (Å²) >= 11 is 0. The molecule has 0 saturated carbocycles. The largest absolute Gasteiger partial charge is 0.385 e. The minimum atomic E-state index is 0.751. The van der Waals surface area contributed by atoms with Crippen LogP contribution in [0.4, 0.5) is 0 Å². The molecular formula is C18H21N3O. The summed E-state index contributed by atoms with van der Waals surface area (Å²) in [7, 11) is 1.73. The molecule has 4 nitrogen and oxygen atoms in total. The first kappa shape index (κ1) is 14.7. The summed E-state index contributed by atoms with van der Waals surface area (Å²) in [5.74, 6) is 1.08. The van der Waals surface area contributed by atoms with Crippen molar-refractivity contribution in [2.45, 2.75) is 26.3 Å². The van der Waals surface area contributed by atoms with Crippen LogP contribution in [0, 0.1) is 6.92 Å². The quantitative estimate of drug-likeness (QED) is 0.655. The second kappa shape index (κ2) is 6.71. The van der Waals surface area contributed by atoms with Crippen LogP contribution in [0.1, 0.15) is 23.4 Å². The normalized spacial score (nSPS) is 11.2. The van der Waals surface area contributed by atoms with Crippen molar-refractivity contribution < 1.29 is 4.74 Å². The van der Waals surface area contributed by atoms with Gasteiger partial charge in [-0.15, -0.1) is 0 Å². The number of fused-ring (bicyclic) bond motifs is 1. The van der Waals surface area contributed by atoms with E-state index in [0.717, 1.165) is 43.0 Å². The van der Waals surface area contributed by atoms with Gasteiger partial charge >= 0.3 is 0 Å². The lowest BCUT2D eigenvalue weighted by molar-refractivity contribution is 0.194. The van der Waals surface area contributed by atoms with E-state index < -0.39 is 0 Å². The van der Waals surface area contributed by atoms with Gasteiger partial charge in [0.15, 0.2) is 5.65 Å². The van der Waals surface area contributed by atoms with Crippen LogP contribution in [0.15, 0.2) is 42.6 Å². The molecular weight excluding hydrogens is 274 g/mol. The molecule has 114 valence electrons. The fourth-order valence-electron chi connectivity index (χ4n) is 2.69. The van der Waals surface area contributed by atoms with Gasteiger partial charge in [0, 0.05) is 26.3 Å². The van der Waals surface area contributed by atoms with E-state index >= 15 is 0 Å². The summed E-state index contributed by atoms with van der Waals surface area (Å²) in [6.07, 6.45) is 3.70. The van der Waals surface area contributed by atoms with Gasteiger partial charge in [0.2, 0.25) is 0 Å². The predicted octanol–water partition coefficient (Wildman–Crippen LogP) is 3.37. The van der Waals surface area contributed by atoms with Crippen LogP contribution in [-0.2, 0) is 17.7 Å². The Morgan fingerprint density at radius 3 is 2.82 bits per heavy atom. The van der Waals surface area contributed by atoms with Gasteiger partial charge in [-0.25, -0.2) is 9.97 Å². The Morgan fingerprint density at radius 2 is 2.00 bits per heavy atom. The fourth-order valence-corrected chi connectivity index (χ4v) is 2.69. The molecule has 1 aromatic carbocycles. The maximum Gasteiger partial charge on any atom is 0.160 e. The zero-order valence-electron chi connectivity index (χ0n) is 13.1. The lowest BCUT2D eigenvalue weighted by Crippen LogP contribution is -2.08. The highest BCUT2D eigenvalue weighted by Crippen LogP contribution is 2.18. The number of methoxy groups -OCH3 is 1. The number of benzene rings is 1. The van der Waals surface area contributed by atoms with Gasteiger partial charge in [-0.05, 0) is 36.6 Å². The number of nitrogens with zero attached hydrogens (tertiary/aromatic N) is 3. The van der Waals surface area contributed by atoms with Crippen LogP contribution in [0.5, 0.6) is 0 Å². The molecule has 0 aliphatic heterocycles. The molecule has 0 atom stereocenters. The van der Waals surface area contributed by atoms with E-state index in [-0.39, 0.29) is 0 Å². The number of ether oxygens (including phenoxy) is 1. The van der Waals surface area contributed by atoms with Gasteiger partial charge in [0.25, 0.3) is 0 Å². The average molecular weight is 295 g/mol. The molecule has 22 heavy (non-hydrogen) atoms. The number of hydrogen-bond donors (Lipinski definition) is 0. The lowest BCUT2D eigenvalue weighted by atomic mass is 10.1. The second-order valence-electron chi connectivity index (χ2n) is 5.48. The summed E-state index contributed by atoms with van der Waals surface area (Å²) < 4.78 is 7.39. The van der Waals surface area contributed by atoms with Crippen LogP contribution in [0.2, 0.25) is 0 Å². The standard InChI is InChI=1S/C18H21N3O/c1-14-7-3-4-8-15(14)13-21-17(10-6-12-22-2)20-16-9-5-11-19-18(16)21/h3-5,7-9,11H,6,10,12-13H2,1-2H3.